The maximum absolute atomic E-state index is 10.9. The Morgan fingerprint density at radius 2 is 1.73 bits per heavy atom. The molecule has 8 heteroatoms. The summed E-state index contributed by atoms with van der Waals surface area (Å²) < 4.78 is 16.7. The summed E-state index contributed by atoms with van der Waals surface area (Å²) in [7, 11) is 3.15. The van der Waals surface area contributed by atoms with Gasteiger partial charge in [-0.3, -0.25) is 4.99 Å². The van der Waals surface area contributed by atoms with E-state index in [1.807, 2.05) is 49.4 Å². The summed E-state index contributed by atoms with van der Waals surface area (Å²) in [5.41, 5.74) is 3.51. The van der Waals surface area contributed by atoms with Gasteiger partial charge in [0.25, 0.3) is 0 Å². The molecule has 0 radical (unpaired) electrons. The van der Waals surface area contributed by atoms with E-state index in [0.29, 0.717) is 23.7 Å². The molecule has 37 heavy (non-hydrogen) atoms. The second kappa shape index (κ2) is 11.5. The Morgan fingerprint density at radius 1 is 1.05 bits per heavy atom. The molecule has 3 aliphatic rings. The van der Waals surface area contributed by atoms with Gasteiger partial charge in [0.2, 0.25) is 0 Å². The van der Waals surface area contributed by atoms with Crippen LogP contribution in [0.15, 0.2) is 101 Å². The van der Waals surface area contributed by atoms with Gasteiger partial charge in [-0.2, -0.15) is 0 Å². The van der Waals surface area contributed by atoms with Gasteiger partial charge in [0.1, 0.15) is 18.6 Å². The van der Waals surface area contributed by atoms with Crippen LogP contribution in [0.5, 0.6) is 0 Å². The van der Waals surface area contributed by atoms with E-state index in [2.05, 4.69) is 22.2 Å². The third kappa shape index (κ3) is 6.15. The topological polar surface area (TPSA) is 105 Å². The molecule has 1 saturated carbocycles. The van der Waals surface area contributed by atoms with Crippen molar-refractivity contribution in [3.05, 3.63) is 102 Å². The number of anilines is 1. The normalized spacial score (nSPS) is 23.8. The fourth-order valence-corrected chi connectivity index (χ4v) is 4.25. The molecule has 0 aromatic heterocycles. The number of rotatable bonds is 11. The third-order valence-corrected chi connectivity index (χ3v) is 6.77. The van der Waals surface area contributed by atoms with Gasteiger partial charge in [-0.15, -0.1) is 0 Å². The number of methoxy groups -OCH3 is 2. The average Bonchev–Trinajstić information content (AvgIpc) is 3.72. The van der Waals surface area contributed by atoms with Gasteiger partial charge in [-0.25, -0.2) is 0 Å². The Hall–Kier alpha value is -3.75. The van der Waals surface area contributed by atoms with Crippen LogP contribution in [-0.4, -0.2) is 48.7 Å². The van der Waals surface area contributed by atoms with E-state index in [0.717, 1.165) is 35.4 Å². The fraction of sp³-hybridized carbons (Fsp3) is 0.345. The van der Waals surface area contributed by atoms with Crippen molar-refractivity contribution in [1.82, 2.24) is 5.32 Å². The van der Waals surface area contributed by atoms with Gasteiger partial charge in [0.05, 0.1) is 31.6 Å². The highest BCUT2D eigenvalue weighted by Gasteiger charge is 2.55. The molecule has 3 unspecified atom stereocenters. The Morgan fingerprint density at radius 3 is 2.32 bits per heavy atom. The van der Waals surface area contributed by atoms with Crippen molar-refractivity contribution >= 4 is 11.4 Å². The molecular weight excluding hydrogens is 470 g/mol. The van der Waals surface area contributed by atoms with Crippen molar-refractivity contribution in [3.8, 4) is 0 Å². The minimum absolute atomic E-state index is 0.184. The van der Waals surface area contributed by atoms with Crippen LogP contribution in [0.1, 0.15) is 24.8 Å². The maximum atomic E-state index is 10.9. The van der Waals surface area contributed by atoms with Crippen molar-refractivity contribution in [2.45, 2.75) is 44.7 Å². The minimum Gasteiger partial charge on any atom is -0.493 e. The molecule has 0 aliphatic heterocycles. The van der Waals surface area contributed by atoms with Crippen molar-refractivity contribution < 1.29 is 24.4 Å². The number of aryl methyl sites for hydroxylation is 1. The summed E-state index contributed by atoms with van der Waals surface area (Å²) >= 11 is 0. The van der Waals surface area contributed by atoms with Crippen LogP contribution in [0, 0.1) is 12.3 Å². The zero-order chi connectivity index (χ0) is 26.4. The first-order valence-electron chi connectivity index (χ1n) is 12.3. The van der Waals surface area contributed by atoms with E-state index < -0.39 is 17.9 Å². The fourth-order valence-electron chi connectivity index (χ4n) is 4.25. The lowest BCUT2D eigenvalue weighted by atomic mass is 10.0. The van der Waals surface area contributed by atoms with E-state index in [4.69, 9.17) is 14.2 Å². The van der Waals surface area contributed by atoms with Gasteiger partial charge in [-0.05, 0) is 50.1 Å². The van der Waals surface area contributed by atoms with Gasteiger partial charge in [0.15, 0.2) is 11.5 Å². The molecule has 0 saturated heterocycles. The van der Waals surface area contributed by atoms with Crippen molar-refractivity contribution in [3.63, 3.8) is 0 Å². The quantitative estimate of drug-likeness (QED) is 0.264. The largest absolute Gasteiger partial charge is 0.493 e. The highest BCUT2D eigenvalue weighted by atomic mass is 16.5. The van der Waals surface area contributed by atoms with Crippen molar-refractivity contribution in [1.29, 1.82) is 0 Å². The molecule has 0 amide bonds. The highest BCUT2D eigenvalue weighted by molar-refractivity contribution is 6.12. The summed E-state index contributed by atoms with van der Waals surface area (Å²) in [6, 6.07) is 7.82. The van der Waals surface area contributed by atoms with E-state index in [-0.39, 0.29) is 6.10 Å². The number of nitrogens with zero attached hydrogens (tertiary/aromatic N) is 1. The molecule has 1 fully saturated rings. The van der Waals surface area contributed by atoms with E-state index >= 15 is 0 Å². The molecule has 0 bridgehead atoms. The van der Waals surface area contributed by atoms with Crippen LogP contribution in [0.2, 0.25) is 0 Å². The van der Waals surface area contributed by atoms with Gasteiger partial charge < -0.3 is 35.1 Å². The van der Waals surface area contributed by atoms with Crippen LogP contribution in [0.25, 0.3) is 0 Å². The lowest BCUT2D eigenvalue weighted by molar-refractivity contribution is -0.00440. The third-order valence-electron chi connectivity index (χ3n) is 6.77. The molecule has 4 rings (SSSR count). The molecule has 0 spiro atoms. The number of aliphatic hydroxyl groups is 2. The molecule has 4 N–H and O–H groups in total. The number of benzene rings is 1. The van der Waals surface area contributed by atoms with Crippen molar-refractivity contribution in [2.75, 3.05) is 19.5 Å². The molecular formula is C29H35N3O5. The molecule has 3 aliphatic carbocycles. The monoisotopic (exact) mass is 505 g/mol. The maximum Gasteiger partial charge on any atom is 0.162 e. The number of hydrogen-bond acceptors (Lipinski definition) is 8. The zero-order valence-corrected chi connectivity index (χ0v) is 21.5. The molecule has 1 aromatic rings. The number of allylic oxidation sites excluding steroid dienone is 4. The van der Waals surface area contributed by atoms with E-state index in [9.17, 15) is 10.2 Å². The molecule has 1 aromatic carbocycles. The van der Waals surface area contributed by atoms with Gasteiger partial charge in [-0.1, -0.05) is 30.4 Å². The lowest BCUT2D eigenvalue weighted by Gasteiger charge is -2.30. The SMILES string of the molecule is C=CN=C1C=C(OC)C(OC)=C/C1=C\OC1C=CC(NC(O)C2(C(O)Nc3ccc(C)cc3)CC2)=CC1. The Labute approximate surface area is 218 Å². The minimum atomic E-state index is -0.893. The second-order valence-corrected chi connectivity index (χ2v) is 9.32. The number of aliphatic imine (C=N–C) groups is 1. The number of nitrogens with one attached hydrogen (secondary N) is 2. The Balaban J connectivity index is 1.33. The van der Waals surface area contributed by atoms with Crippen LogP contribution in [-0.2, 0) is 14.2 Å². The first-order valence-corrected chi connectivity index (χ1v) is 12.3. The van der Waals surface area contributed by atoms with Crippen LogP contribution < -0.4 is 10.6 Å². The average molecular weight is 506 g/mol. The predicted octanol–water partition coefficient (Wildman–Crippen LogP) is 4.19. The van der Waals surface area contributed by atoms with E-state index in [1.54, 1.807) is 32.6 Å². The van der Waals surface area contributed by atoms with Crippen LogP contribution >= 0.6 is 0 Å². The number of hydrogen-bond donors (Lipinski definition) is 4. The standard InChI is InChI=1S/C29H35N3O5/c1-5-30-24-17-26(36-4)25(35-3)16-20(24)18-37-23-12-10-22(11-13-23)32-28(34)29(14-15-29)27(33)31-21-8-6-19(2)7-9-21/h5-12,16-18,23,27-28,31-34H,1,13-15H2,2-4H3/b20-18+,30-24?. The first kappa shape index (κ1) is 26.3. The van der Waals surface area contributed by atoms with Crippen molar-refractivity contribution in [2.24, 2.45) is 10.4 Å². The molecule has 0 heterocycles. The molecule has 8 nitrogen and oxygen atoms in total. The summed E-state index contributed by atoms with van der Waals surface area (Å²) in [5, 5.41) is 28.0. The number of aliphatic hydroxyl groups excluding tert-OH is 2. The second-order valence-electron chi connectivity index (χ2n) is 9.32. The summed E-state index contributed by atoms with van der Waals surface area (Å²) in [6.07, 6.45) is 12.6. The predicted molar refractivity (Wildman–Crippen MR) is 144 cm³/mol. The summed E-state index contributed by atoms with van der Waals surface area (Å²) in [6.45, 7) is 5.69. The zero-order valence-electron chi connectivity index (χ0n) is 21.5. The molecule has 3 atom stereocenters. The Kier molecular flexibility index (Phi) is 8.21. The highest BCUT2D eigenvalue weighted by Crippen LogP contribution is 2.51. The number of ether oxygens (including phenoxy) is 3. The Bertz CT molecular complexity index is 1170. The van der Waals surface area contributed by atoms with E-state index in [1.165, 1.54) is 6.20 Å². The van der Waals surface area contributed by atoms with Crippen LogP contribution in [0.3, 0.4) is 0 Å². The van der Waals surface area contributed by atoms with Crippen LogP contribution in [0.4, 0.5) is 5.69 Å². The summed E-state index contributed by atoms with van der Waals surface area (Å²) in [4.78, 5) is 4.30. The van der Waals surface area contributed by atoms with Gasteiger partial charge in [0, 0.05) is 35.7 Å². The molecule has 196 valence electrons. The first-order chi connectivity index (χ1) is 17.9. The van der Waals surface area contributed by atoms with Gasteiger partial charge >= 0.3 is 0 Å². The smallest absolute Gasteiger partial charge is 0.162 e. The lowest BCUT2D eigenvalue weighted by Crippen LogP contribution is -2.46. The summed E-state index contributed by atoms with van der Waals surface area (Å²) in [5.74, 6) is 1.15.